The fourth-order valence-corrected chi connectivity index (χ4v) is 5.37. The van der Waals surface area contributed by atoms with Gasteiger partial charge in [-0.2, -0.15) is 0 Å². The van der Waals surface area contributed by atoms with Crippen molar-refractivity contribution >= 4 is 22.9 Å². The molecule has 5 rings (SSSR count). The van der Waals surface area contributed by atoms with Crippen LogP contribution < -0.4 is 5.56 Å². The van der Waals surface area contributed by atoms with Crippen LogP contribution in [0.4, 0.5) is 0 Å². The van der Waals surface area contributed by atoms with Crippen LogP contribution in [0, 0.1) is 20.8 Å². The fourth-order valence-electron chi connectivity index (χ4n) is 4.41. The Kier molecular flexibility index (Phi) is 5.86. The van der Waals surface area contributed by atoms with Gasteiger partial charge in [-0.25, -0.2) is 15.0 Å². The summed E-state index contributed by atoms with van der Waals surface area (Å²) in [5.74, 6) is 0.818. The van der Waals surface area contributed by atoms with Crippen molar-refractivity contribution in [2.24, 2.45) is 0 Å². The van der Waals surface area contributed by atoms with Crippen molar-refractivity contribution < 1.29 is 5.11 Å². The second-order valence-electron chi connectivity index (χ2n) is 9.62. The first-order valence-corrected chi connectivity index (χ1v) is 12.7. The van der Waals surface area contributed by atoms with Crippen LogP contribution in [0.15, 0.2) is 40.8 Å². The summed E-state index contributed by atoms with van der Waals surface area (Å²) in [6.07, 6.45) is 4.25. The van der Waals surface area contributed by atoms with Crippen molar-refractivity contribution in [1.82, 2.24) is 24.5 Å². The smallest absolute Gasteiger partial charge is 0.274 e. The molecule has 1 fully saturated rings. The van der Waals surface area contributed by atoms with E-state index in [4.69, 9.17) is 11.6 Å². The van der Waals surface area contributed by atoms with Gasteiger partial charge >= 0.3 is 0 Å². The third-order valence-electron chi connectivity index (χ3n) is 6.35. The standard InChI is InChI=1S/C26H26ClN5O2S/c1-13-11-29-20(19-6-7-28-25(31-19)26(4,5)34)10-22(13)32-14(2)8-18(23(27)24(32)33)16-9-17(16)21-12-35-15(3)30-21/h6-8,10-12,16-17,34H,9H2,1-5H3/t16-,17-/m0/s1. The highest BCUT2D eigenvalue weighted by atomic mass is 35.5. The summed E-state index contributed by atoms with van der Waals surface area (Å²) in [5.41, 5.74) is 4.00. The van der Waals surface area contributed by atoms with Crippen LogP contribution in [0.5, 0.6) is 0 Å². The molecule has 35 heavy (non-hydrogen) atoms. The van der Waals surface area contributed by atoms with Crippen LogP contribution in [-0.2, 0) is 5.60 Å². The molecule has 1 aliphatic rings. The Morgan fingerprint density at radius 2 is 1.89 bits per heavy atom. The van der Waals surface area contributed by atoms with Gasteiger partial charge in [-0.15, -0.1) is 11.3 Å². The molecule has 4 aromatic rings. The van der Waals surface area contributed by atoms with Crippen molar-refractivity contribution in [2.75, 3.05) is 0 Å². The second-order valence-corrected chi connectivity index (χ2v) is 11.1. The Hall–Kier alpha value is -2.94. The van der Waals surface area contributed by atoms with E-state index in [0.29, 0.717) is 28.8 Å². The molecule has 7 nitrogen and oxygen atoms in total. The predicted molar refractivity (Wildman–Crippen MR) is 138 cm³/mol. The molecule has 1 N–H and O–H groups in total. The summed E-state index contributed by atoms with van der Waals surface area (Å²) in [6.45, 7) is 9.09. The molecule has 4 heterocycles. The number of thiazole rings is 1. The number of rotatable bonds is 5. The van der Waals surface area contributed by atoms with E-state index in [2.05, 4.69) is 25.3 Å². The number of aromatic nitrogens is 5. The maximum atomic E-state index is 13.5. The Morgan fingerprint density at radius 1 is 1.11 bits per heavy atom. The Bertz CT molecular complexity index is 1500. The normalized spacial score (nSPS) is 17.6. The molecule has 0 amide bonds. The molecule has 0 unspecified atom stereocenters. The highest BCUT2D eigenvalue weighted by Crippen LogP contribution is 2.55. The predicted octanol–water partition coefficient (Wildman–Crippen LogP) is 5.22. The van der Waals surface area contributed by atoms with E-state index in [1.807, 2.05) is 32.9 Å². The van der Waals surface area contributed by atoms with Gasteiger partial charge in [0.05, 0.1) is 27.8 Å². The van der Waals surface area contributed by atoms with Crippen LogP contribution >= 0.6 is 22.9 Å². The minimum absolute atomic E-state index is 0.209. The van der Waals surface area contributed by atoms with Crippen LogP contribution in [0.25, 0.3) is 17.1 Å². The van der Waals surface area contributed by atoms with Crippen molar-refractivity contribution in [3.05, 3.63) is 84.7 Å². The zero-order valence-electron chi connectivity index (χ0n) is 20.2. The lowest BCUT2D eigenvalue weighted by Gasteiger charge is -2.17. The topological polar surface area (TPSA) is 93.8 Å². The van der Waals surface area contributed by atoms with Gasteiger partial charge in [0.1, 0.15) is 10.6 Å². The van der Waals surface area contributed by atoms with Crippen molar-refractivity contribution in [3.63, 3.8) is 0 Å². The average Bonchev–Trinajstić information content (AvgIpc) is 3.49. The van der Waals surface area contributed by atoms with E-state index in [-0.39, 0.29) is 16.5 Å². The van der Waals surface area contributed by atoms with E-state index in [1.54, 1.807) is 48.2 Å². The SMILES string of the molecule is Cc1nc([C@H]2C[C@@H]2c2cc(C)n(-c3cc(-c4ccnc(C(C)(C)O)n4)ncc3C)c(=O)c2Cl)cs1. The molecule has 0 bridgehead atoms. The summed E-state index contributed by atoms with van der Waals surface area (Å²) in [7, 11) is 0. The number of aryl methyl sites for hydroxylation is 3. The van der Waals surface area contributed by atoms with E-state index < -0.39 is 5.60 Å². The fraction of sp³-hybridized carbons (Fsp3) is 0.346. The molecule has 2 atom stereocenters. The summed E-state index contributed by atoms with van der Waals surface area (Å²) < 4.78 is 1.63. The number of hydrogen-bond donors (Lipinski definition) is 1. The first kappa shape index (κ1) is 23.8. The molecule has 0 aliphatic heterocycles. The third kappa shape index (κ3) is 4.42. The Morgan fingerprint density at radius 3 is 2.57 bits per heavy atom. The van der Waals surface area contributed by atoms with Crippen LogP contribution in [0.2, 0.25) is 5.02 Å². The molecular formula is C26H26ClN5O2S. The number of pyridine rings is 2. The highest BCUT2D eigenvalue weighted by Gasteiger charge is 2.43. The van der Waals surface area contributed by atoms with Gasteiger partial charge in [0.25, 0.3) is 5.56 Å². The summed E-state index contributed by atoms with van der Waals surface area (Å²) >= 11 is 8.32. The summed E-state index contributed by atoms with van der Waals surface area (Å²) in [4.78, 5) is 31.3. The van der Waals surface area contributed by atoms with Crippen molar-refractivity contribution in [2.45, 2.75) is 58.5 Å². The molecule has 1 aliphatic carbocycles. The van der Waals surface area contributed by atoms with Gasteiger partial charge in [-0.1, -0.05) is 11.6 Å². The zero-order valence-corrected chi connectivity index (χ0v) is 21.8. The van der Waals surface area contributed by atoms with Crippen LogP contribution in [0.1, 0.15) is 65.5 Å². The number of nitrogens with zero attached hydrogens (tertiary/aromatic N) is 5. The number of aliphatic hydroxyl groups is 1. The van der Waals surface area contributed by atoms with E-state index in [1.165, 1.54) is 0 Å². The lowest BCUT2D eigenvalue weighted by molar-refractivity contribution is 0.0688. The summed E-state index contributed by atoms with van der Waals surface area (Å²) in [5, 5.41) is 13.7. The highest BCUT2D eigenvalue weighted by molar-refractivity contribution is 7.09. The van der Waals surface area contributed by atoms with Gasteiger partial charge in [0.2, 0.25) is 0 Å². The molecule has 0 radical (unpaired) electrons. The van der Waals surface area contributed by atoms with E-state index in [9.17, 15) is 9.90 Å². The van der Waals surface area contributed by atoms with Crippen molar-refractivity contribution in [3.8, 4) is 17.1 Å². The van der Waals surface area contributed by atoms with Crippen LogP contribution in [-0.4, -0.2) is 29.6 Å². The van der Waals surface area contributed by atoms with E-state index in [0.717, 1.165) is 33.9 Å². The van der Waals surface area contributed by atoms with Gasteiger partial charge < -0.3 is 5.11 Å². The Balaban J connectivity index is 1.55. The lowest BCUT2D eigenvalue weighted by atomic mass is 10.1. The lowest BCUT2D eigenvalue weighted by Crippen LogP contribution is -2.23. The molecule has 9 heteroatoms. The molecule has 180 valence electrons. The van der Waals surface area contributed by atoms with Crippen molar-refractivity contribution in [1.29, 1.82) is 0 Å². The van der Waals surface area contributed by atoms with Gasteiger partial charge in [-0.05, 0) is 76.3 Å². The summed E-state index contributed by atoms with van der Waals surface area (Å²) in [6, 6.07) is 5.58. The first-order chi connectivity index (χ1) is 16.5. The number of halogens is 1. The molecule has 1 saturated carbocycles. The quantitative estimate of drug-likeness (QED) is 0.398. The van der Waals surface area contributed by atoms with Gasteiger partial charge in [-0.3, -0.25) is 14.3 Å². The van der Waals surface area contributed by atoms with Gasteiger partial charge in [0, 0.05) is 29.4 Å². The molecule has 0 aromatic carbocycles. The monoisotopic (exact) mass is 507 g/mol. The Labute approximate surface area is 212 Å². The van der Waals surface area contributed by atoms with E-state index >= 15 is 0 Å². The average molecular weight is 508 g/mol. The maximum absolute atomic E-state index is 13.5. The van der Waals surface area contributed by atoms with Crippen LogP contribution in [0.3, 0.4) is 0 Å². The first-order valence-electron chi connectivity index (χ1n) is 11.4. The number of hydrogen-bond acceptors (Lipinski definition) is 7. The molecule has 4 aromatic heterocycles. The zero-order chi connectivity index (χ0) is 25.1. The molecule has 0 spiro atoms. The second kappa shape index (κ2) is 8.62. The largest absolute Gasteiger partial charge is 0.382 e. The minimum atomic E-state index is -1.18. The maximum Gasteiger partial charge on any atom is 0.274 e. The molecular weight excluding hydrogens is 482 g/mol. The van der Waals surface area contributed by atoms with Gasteiger partial charge in [0.15, 0.2) is 5.82 Å². The third-order valence-corrected chi connectivity index (χ3v) is 7.52. The molecule has 0 saturated heterocycles. The minimum Gasteiger partial charge on any atom is -0.382 e.